The highest BCUT2D eigenvalue weighted by Crippen LogP contribution is 2.27. The second kappa shape index (κ2) is 10.5. The van der Waals surface area contributed by atoms with Crippen molar-refractivity contribution in [2.45, 2.75) is 26.5 Å². The fourth-order valence-electron chi connectivity index (χ4n) is 4.34. The summed E-state index contributed by atoms with van der Waals surface area (Å²) in [5.41, 5.74) is 3.58. The Balaban J connectivity index is 1.28. The molecule has 0 amide bonds. The lowest BCUT2D eigenvalue weighted by molar-refractivity contribution is 0.134. The topological polar surface area (TPSA) is 142 Å². The van der Waals surface area contributed by atoms with E-state index in [1.54, 1.807) is 29.5 Å². The van der Waals surface area contributed by atoms with E-state index in [2.05, 4.69) is 57.8 Å². The van der Waals surface area contributed by atoms with Gasteiger partial charge in [-0.05, 0) is 31.9 Å². The molecule has 0 spiro atoms. The third kappa shape index (κ3) is 5.40. The highest BCUT2D eigenvalue weighted by molar-refractivity contribution is 5.89. The predicted molar refractivity (Wildman–Crippen MR) is 137 cm³/mol. The maximum Gasteiger partial charge on any atom is 0.229 e. The molecule has 12 heteroatoms. The molecule has 1 fully saturated rings. The second-order valence-corrected chi connectivity index (χ2v) is 9.23. The molecule has 1 unspecified atom stereocenters. The van der Waals surface area contributed by atoms with Crippen molar-refractivity contribution in [3.8, 4) is 0 Å². The molecular formula is C24H31N11O. The number of aromatic nitrogens is 7. The van der Waals surface area contributed by atoms with Gasteiger partial charge in [-0.3, -0.25) is 10.3 Å². The molecule has 1 saturated heterocycles. The van der Waals surface area contributed by atoms with Crippen LogP contribution in [0.3, 0.4) is 0 Å². The Hall–Kier alpha value is -3.74. The molecule has 188 valence electrons. The summed E-state index contributed by atoms with van der Waals surface area (Å²) in [7, 11) is 1.83. The van der Waals surface area contributed by atoms with E-state index < -0.39 is 6.23 Å². The fraction of sp³-hybridized carbons (Fsp3) is 0.417. The van der Waals surface area contributed by atoms with Crippen molar-refractivity contribution in [2.75, 3.05) is 36.8 Å². The van der Waals surface area contributed by atoms with Gasteiger partial charge in [-0.1, -0.05) is 6.92 Å². The third-order valence-corrected chi connectivity index (χ3v) is 6.35. The van der Waals surface area contributed by atoms with Crippen LogP contribution in [0, 0.1) is 12.8 Å². The van der Waals surface area contributed by atoms with E-state index in [4.69, 9.17) is 0 Å². The summed E-state index contributed by atoms with van der Waals surface area (Å²) >= 11 is 0. The third-order valence-electron chi connectivity index (χ3n) is 6.35. The molecule has 0 radical (unpaired) electrons. The van der Waals surface area contributed by atoms with Gasteiger partial charge < -0.3 is 20.6 Å². The Kier molecular flexibility index (Phi) is 6.98. The standard InChI is InChI=1S/C24H31N11O/c1-15-4-6-35(13-15)7-5-27-23(36)17-8-20(16(2)28-9-17)31-21-19-12-29-24(32-22(19)34(3)33-21)30-18-10-25-14-26-11-18/h8-12,14-15,23,27,36H,4-7,13H2,1-3H3,(H,31,33)(H,29,30,32)/t15-,23?/m0/s1. The minimum absolute atomic E-state index is 0.421. The highest BCUT2D eigenvalue weighted by Gasteiger charge is 2.19. The monoisotopic (exact) mass is 489 g/mol. The first-order chi connectivity index (χ1) is 17.5. The Bertz CT molecular complexity index is 1330. The fourth-order valence-corrected chi connectivity index (χ4v) is 4.34. The summed E-state index contributed by atoms with van der Waals surface area (Å²) in [6.45, 7) is 8.06. The number of pyridine rings is 1. The number of rotatable bonds is 9. The zero-order valence-corrected chi connectivity index (χ0v) is 20.7. The molecule has 4 aromatic heterocycles. The summed E-state index contributed by atoms with van der Waals surface area (Å²) in [4.78, 5) is 23.9. The van der Waals surface area contributed by atoms with Crippen LogP contribution in [0.1, 0.15) is 30.8 Å². The first-order valence-electron chi connectivity index (χ1n) is 12.1. The van der Waals surface area contributed by atoms with E-state index in [-0.39, 0.29) is 0 Å². The van der Waals surface area contributed by atoms with Gasteiger partial charge in [0.2, 0.25) is 5.95 Å². The molecule has 5 rings (SSSR count). The first kappa shape index (κ1) is 24.0. The molecule has 2 atom stereocenters. The number of nitrogens with zero attached hydrogens (tertiary/aromatic N) is 8. The average molecular weight is 490 g/mol. The smallest absolute Gasteiger partial charge is 0.229 e. The normalized spacial score (nSPS) is 16.9. The maximum absolute atomic E-state index is 10.7. The minimum atomic E-state index is -0.807. The van der Waals surface area contributed by atoms with Crippen LogP contribution in [0.15, 0.2) is 37.2 Å². The Morgan fingerprint density at radius 3 is 2.75 bits per heavy atom. The van der Waals surface area contributed by atoms with Crippen LogP contribution >= 0.6 is 0 Å². The van der Waals surface area contributed by atoms with Crippen LogP contribution in [0.2, 0.25) is 0 Å². The van der Waals surface area contributed by atoms with Crippen molar-refractivity contribution in [2.24, 2.45) is 13.0 Å². The SMILES string of the molecule is Cc1ncc(C(O)NCCN2CC[C@H](C)C2)cc1Nc1nn(C)c2nc(Nc3cncnc3)ncc12. The molecule has 0 aliphatic carbocycles. The van der Waals surface area contributed by atoms with Gasteiger partial charge in [0.05, 0.1) is 34.8 Å². The second-order valence-electron chi connectivity index (χ2n) is 9.23. The zero-order valence-electron chi connectivity index (χ0n) is 20.7. The van der Waals surface area contributed by atoms with Crippen molar-refractivity contribution >= 4 is 34.2 Å². The van der Waals surface area contributed by atoms with Crippen LogP contribution < -0.4 is 16.0 Å². The summed E-state index contributed by atoms with van der Waals surface area (Å²) in [5.74, 6) is 1.78. The maximum atomic E-state index is 10.7. The molecule has 0 aromatic carbocycles. The predicted octanol–water partition coefficient (Wildman–Crippen LogP) is 2.27. The van der Waals surface area contributed by atoms with E-state index in [0.717, 1.165) is 42.3 Å². The number of aliphatic hydroxyl groups is 1. The summed E-state index contributed by atoms with van der Waals surface area (Å²) in [5, 5.41) is 25.7. The van der Waals surface area contributed by atoms with E-state index in [1.165, 1.54) is 12.7 Å². The van der Waals surface area contributed by atoms with E-state index in [0.29, 0.717) is 35.2 Å². The average Bonchev–Trinajstić information content (AvgIpc) is 3.43. The van der Waals surface area contributed by atoms with E-state index in [1.807, 2.05) is 20.0 Å². The number of fused-ring (bicyclic) bond motifs is 1. The van der Waals surface area contributed by atoms with Crippen LogP contribution in [-0.4, -0.2) is 70.9 Å². The van der Waals surface area contributed by atoms with Gasteiger partial charge >= 0.3 is 0 Å². The molecule has 4 N–H and O–H groups in total. The number of nitrogens with one attached hydrogen (secondary N) is 3. The lowest BCUT2D eigenvalue weighted by atomic mass is 10.2. The van der Waals surface area contributed by atoms with E-state index >= 15 is 0 Å². The number of aryl methyl sites for hydroxylation is 2. The first-order valence-corrected chi connectivity index (χ1v) is 12.1. The zero-order chi connectivity index (χ0) is 25.1. The number of aliphatic hydroxyl groups excluding tert-OH is 1. The molecular weight excluding hydrogens is 458 g/mol. The molecule has 4 aromatic rings. The molecule has 5 heterocycles. The van der Waals surface area contributed by atoms with Crippen LogP contribution in [0.25, 0.3) is 11.0 Å². The molecule has 0 saturated carbocycles. The van der Waals surface area contributed by atoms with Gasteiger partial charge in [0.25, 0.3) is 0 Å². The summed E-state index contributed by atoms with van der Waals surface area (Å²) in [6, 6.07) is 1.89. The number of anilines is 4. The number of hydrogen-bond acceptors (Lipinski definition) is 11. The Morgan fingerprint density at radius 1 is 1.14 bits per heavy atom. The van der Waals surface area contributed by atoms with E-state index in [9.17, 15) is 5.11 Å². The quantitative estimate of drug-likeness (QED) is 0.257. The van der Waals surface area contributed by atoms with Gasteiger partial charge in [0.1, 0.15) is 12.6 Å². The molecule has 1 aliphatic rings. The Labute approximate surface area is 209 Å². The van der Waals surface area contributed by atoms with Gasteiger partial charge in [-0.15, -0.1) is 0 Å². The molecule has 0 bridgehead atoms. The Morgan fingerprint density at radius 2 is 1.97 bits per heavy atom. The minimum Gasteiger partial charge on any atom is -0.374 e. The molecule has 12 nitrogen and oxygen atoms in total. The van der Waals surface area contributed by atoms with Crippen molar-refractivity contribution < 1.29 is 5.11 Å². The van der Waals surface area contributed by atoms with Gasteiger partial charge in [0, 0.05) is 44.6 Å². The van der Waals surface area contributed by atoms with Gasteiger partial charge in [0.15, 0.2) is 11.5 Å². The van der Waals surface area contributed by atoms with Crippen molar-refractivity contribution in [1.29, 1.82) is 0 Å². The largest absolute Gasteiger partial charge is 0.374 e. The summed E-state index contributed by atoms with van der Waals surface area (Å²) < 4.78 is 1.69. The van der Waals surface area contributed by atoms with Crippen molar-refractivity contribution in [3.05, 3.63) is 48.4 Å². The number of hydrogen-bond donors (Lipinski definition) is 4. The van der Waals surface area contributed by atoms with Crippen molar-refractivity contribution in [1.82, 2.24) is 44.9 Å². The number of likely N-dealkylation sites (tertiary alicyclic amines) is 1. The lowest BCUT2D eigenvalue weighted by Gasteiger charge is -2.19. The molecule has 36 heavy (non-hydrogen) atoms. The van der Waals surface area contributed by atoms with Gasteiger partial charge in [-0.25, -0.2) is 19.6 Å². The summed E-state index contributed by atoms with van der Waals surface area (Å²) in [6.07, 6.45) is 8.60. The molecule has 1 aliphatic heterocycles. The van der Waals surface area contributed by atoms with Crippen molar-refractivity contribution in [3.63, 3.8) is 0 Å². The van der Waals surface area contributed by atoms with Crippen LogP contribution in [-0.2, 0) is 7.05 Å². The lowest BCUT2D eigenvalue weighted by Crippen LogP contribution is -2.32. The highest BCUT2D eigenvalue weighted by atomic mass is 16.3. The van der Waals surface area contributed by atoms with Crippen LogP contribution in [0.5, 0.6) is 0 Å². The van der Waals surface area contributed by atoms with Gasteiger partial charge in [-0.2, -0.15) is 10.1 Å². The van der Waals surface area contributed by atoms with Crippen LogP contribution in [0.4, 0.5) is 23.1 Å².